The van der Waals surface area contributed by atoms with E-state index in [1.54, 1.807) is 48.5 Å². The third-order valence-corrected chi connectivity index (χ3v) is 5.37. The number of carbonyl (C=O) groups is 4. The van der Waals surface area contributed by atoms with E-state index in [1.165, 1.54) is 0 Å². The normalized spacial score (nSPS) is 13.4. The quantitative estimate of drug-likeness (QED) is 0.426. The largest absolute Gasteiger partial charge is 0.464 e. The fourth-order valence-electron chi connectivity index (χ4n) is 3.69. The van der Waals surface area contributed by atoms with Crippen LogP contribution in [0, 0.1) is 0 Å². The Bertz CT molecular complexity index is 1140. The number of benzene rings is 3. The summed E-state index contributed by atoms with van der Waals surface area (Å²) < 4.78 is 5.30. The maximum Gasteiger partial charge on any atom is 0.308 e. The zero-order valence-electron chi connectivity index (χ0n) is 17.8. The average Bonchev–Trinajstić information content (AvgIpc) is 3.09. The number of amides is 3. The summed E-state index contributed by atoms with van der Waals surface area (Å²) in [6.07, 6.45) is -0.0926. The minimum absolute atomic E-state index is 0.0372. The standard InChI is InChI=1S/C26H22N2O5/c29-23(33-16-15-28-25(31)20-13-7-8-14-21(20)26(28)32)17-22(18-9-3-1-4-10-18)27-24(30)19-11-5-2-6-12-19/h1-14,22H,15-17H2,(H,27,30). The Hall–Kier alpha value is -4.26. The van der Waals surface area contributed by atoms with E-state index in [9.17, 15) is 19.2 Å². The first-order chi connectivity index (χ1) is 16.0. The molecule has 0 radical (unpaired) electrons. The molecule has 1 unspecified atom stereocenters. The van der Waals surface area contributed by atoms with Crippen molar-refractivity contribution in [2.75, 3.05) is 13.2 Å². The summed E-state index contributed by atoms with van der Waals surface area (Å²) in [6, 6.07) is 23.9. The molecule has 0 bridgehead atoms. The van der Waals surface area contributed by atoms with Crippen molar-refractivity contribution in [1.29, 1.82) is 0 Å². The first kappa shape index (κ1) is 22.0. The molecule has 0 aliphatic carbocycles. The van der Waals surface area contributed by atoms with Crippen molar-refractivity contribution in [1.82, 2.24) is 10.2 Å². The maximum atomic E-state index is 12.6. The third kappa shape index (κ3) is 4.98. The molecule has 3 aromatic rings. The highest BCUT2D eigenvalue weighted by atomic mass is 16.5. The van der Waals surface area contributed by atoms with Crippen molar-refractivity contribution in [2.24, 2.45) is 0 Å². The molecule has 0 aromatic heterocycles. The minimum atomic E-state index is -0.592. The predicted octanol–water partition coefficient (Wildman–Crippen LogP) is 3.39. The van der Waals surface area contributed by atoms with Crippen molar-refractivity contribution in [2.45, 2.75) is 12.5 Å². The van der Waals surface area contributed by atoms with Gasteiger partial charge in [-0.25, -0.2) is 0 Å². The van der Waals surface area contributed by atoms with Gasteiger partial charge in [-0.2, -0.15) is 0 Å². The highest BCUT2D eigenvalue weighted by molar-refractivity contribution is 6.21. The highest BCUT2D eigenvalue weighted by Gasteiger charge is 2.34. The summed E-state index contributed by atoms with van der Waals surface area (Å²) >= 11 is 0. The van der Waals surface area contributed by atoms with Gasteiger partial charge in [-0.05, 0) is 29.8 Å². The second kappa shape index (κ2) is 9.91. The van der Waals surface area contributed by atoms with Gasteiger partial charge in [0.25, 0.3) is 17.7 Å². The third-order valence-electron chi connectivity index (χ3n) is 5.37. The zero-order valence-corrected chi connectivity index (χ0v) is 17.8. The molecule has 1 aliphatic rings. The van der Waals surface area contributed by atoms with Crippen LogP contribution < -0.4 is 5.32 Å². The average molecular weight is 442 g/mol. The lowest BCUT2D eigenvalue weighted by atomic mass is 10.0. The topological polar surface area (TPSA) is 92.8 Å². The number of fused-ring (bicyclic) bond motifs is 1. The monoisotopic (exact) mass is 442 g/mol. The van der Waals surface area contributed by atoms with Crippen LogP contribution in [0.4, 0.5) is 0 Å². The van der Waals surface area contributed by atoms with Gasteiger partial charge < -0.3 is 10.1 Å². The van der Waals surface area contributed by atoms with Crippen LogP contribution in [0.1, 0.15) is 49.1 Å². The molecular formula is C26H22N2O5. The number of nitrogens with zero attached hydrogens (tertiary/aromatic N) is 1. The van der Waals surface area contributed by atoms with E-state index in [2.05, 4.69) is 5.32 Å². The Morgan fingerprint density at radius 1 is 0.788 bits per heavy atom. The van der Waals surface area contributed by atoms with Crippen LogP contribution in [0.5, 0.6) is 0 Å². The molecular weight excluding hydrogens is 420 g/mol. The molecule has 166 valence electrons. The van der Waals surface area contributed by atoms with Gasteiger partial charge in [0.05, 0.1) is 30.1 Å². The number of esters is 1. The lowest BCUT2D eigenvalue weighted by Crippen LogP contribution is -2.34. The summed E-state index contributed by atoms with van der Waals surface area (Å²) in [6.45, 7) is -0.164. The Kier molecular flexibility index (Phi) is 6.59. The maximum absolute atomic E-state index is 12.6. The molecule has 0 saturated carbocycles. The van der Waals surface area contributed by atoms with E-state index >= 15 is 0 Å². The van der Waals surface area contributed by atoms with Crippen LogP contribution in [0.15, 0.2) is 84.9 Å². The second-order valence-electron chi connectivity index (χ2n) is 7.53. The number of ether oxygens (including phenoxy) is 1. The summed E-state index contributed by atoms with van der Waals surface area (Å²) in [7, 11) is 0. The fraction of sp³-hybridized carbons (Fsp3) is 0.154. The van der Waals surface area contributed by atoms with Crippen molar-refractivity contribution in [3.8, 4) is 0 Å². The van der Waals surface area contributed by atoms with Crippen LogP contribution >= 0.6 is 0 Å². The van der Waals surface area contributed by atoms with Crippen LogP contribution in [0.25, 0.3) is 0 Å². The van der Waals surface area contributed by atoms with E-state index in [4.69, 9.17) is 4.74 Å². The molecule has 7 nitrogen and oxygen atoms in total. The summed E-state index contributed by atoms with van der Waals surface area (Å²) in [4.78, 5) is 51.1. The molecule has 3 amide bonds. The highest BCUT2D eigenvalue weighted by Crippen LogP contribution is 2.22. The Balaban J connectivity index is 1.36. The molecule has 4 rings (SSSR count). The second-order valence-corrected chi connectivity index (χ2v) is 7.53. The van der Waals surface area contributed by atoms with Gasteiger partial charge in [0.1, 0.15) is 6.61 Å². The van der Waals surface area contributed by atoms with Crippen molar-refractivity contribution in [3.05, 3.63) is 107 Å². The molecule has 1 N–H and O–H groups in total. The molecule has 33 heavy (non-hydrogen) atoms. The lowest BCUT2D eigenvalue weighted by Gasteiger charge is -2.19. The summed E-state index contributed by atoms with van der Waals surface area (Å²) in [5, 5.41) is 2.88. The first-order valence-electron chi connectivity index (χ1n) is 10.6. The molecule has 1 heterocycles. The van der Waals surface area contributed by atoms with Gasteiger partial charge in [0.2, 0.25) is 0 Å². The number of nitrogens with one attached hydrogen (secondary N) is 1. The molecule has 0 saturated heterocycles. The summed E-state index contributed by atoms with van der Waals surface area (Å²) in [5.74, 6) is -1.65. The molecule has 0 spiro atoms. The van der Waals surface area contributed by atoms with Crippen LogP contribution in [-0.2, 0) is 9.53 Å². The van der Waals surface area contributed by atoms with E-state index in [1.807, 2.05) is 36.4 Å². The minimum Gasteiger partial charge on any atom is -0.464 e. The molecule has 7 heteroatoms. The molecule has 1 aliphatic heterocycles. The van der Waals surface area contributed by atoms with Gasteiger partial charge in [0, 0.05) is 5.56 Å². The Labute approximate surface area is 191 Å². The van der Waals surface area contributed by atoms with Crippen molar-refractivity contribution >= 4 is 23.7 Å². The van der Waals surface area contributed by atoms with Gasteiger partial charge >= 0.3 is 5.97 Å². The summed E-state index contributed by atoms with van der Waals surface area (Å²) in [5.41, 5.74) is 1.94. The van der Waals surface area contributed by atoms with Crippen LogP contribution in [-0.4, -0.2) is 41.7 Å². The smallest absolute Gasteiger partial charge is 0.308 e. The lowest BCUT2D eigenvalue weighted by molar-refractivity contribution is -0.144. The number of hydrogen-bond acceptors (Lipinski definition) is 5. The van der Waals surface area contributed by atoms with Crippen molar-refractivity contribution < 1.29 is 23.9 Å². The van der Waals surface area contributed by atoms with Gasteiger partial charge in [-0.3, -0.25) is 24.1 Å². The molecule has 3 aromatic carbocycles. The number of imide groups is 1. The predicted molar refractivity (Wildman–Crippen MR) is 120 cm³/mol. The number of rotatable bonds is 8. The van der Waals surface area contributed by atoms with Crippen molar-refractivity contribution in [3.63, 3.8) is 0 Å². The van der Waals surface area contributed by atoms with E-state index in [-0.39, 0.29) is 25.5 Å². The first-order valence-corrected chi connectivity index (χ1v) is 10.6. The molecule has 0 fully saturated rings. The van der Waals surface area contributed by atoms with Crippen LogP contribution in [0.3, 0.4) is 0 Å². The van der Waals surface area contributed by atoms with Crippen LogP contribution in [0.2, 0.25) is 0 Å². The number of carbonyl (C=O) groups excluding carboxylic acids is 4. The van der Waals surface area contributed by atoms with E-state index in [0.29, 0.717) is 16.7 Å². The van der Waals surface area contributed by atoms with Gasteiger partial charge in [0.15, 0.2) is 0 Å². The van der Waals surface area contributed by atoms with Gasteiger partial charge in [-0.1, -0.05) is 60.7 Å². The Morgan fingerprint density at radius 3 is 1.94 bits per heavy atom. The zero-order chi connectivity index (χ0) is 23.2. The SMILES string of the molecule is O=C(CC(NC(=O)c1ccccc1)c1ccccc1)OCCN1C(=O)c2ccccc2C1=O. The van der Waals surface area contributed by atoms with Gasteiger partial charge in [-0.15, -0.1) is 0 Å². The fourth-order valence-corrected chi connectivity index (χ4v) is 3.69. The Morgan fingerprint density at radius 2 is 1.33 bits per heavy atom. The van der Waals surface area contributed by atoms with E-state index in [0.717, 1.165) is 10.5 Å². The van der Waals surface area contributed by atoms with E-state index < -0.39 is 23.8 Å². The number of hydrogen-bond donors (Lipinski definition) is 1. The molecule has 1 atom stereocenters.